The summed E-state index contributed by atoms with van der Waals surface area (Å²) in [7, 11) is 0. The van der Waals surface area contributed by atoms with Crippen molar-refractivity contribution in [2.45, 2.75) is 18.9 Å². The molecule has 0 aromatic carbocycles. The van der Waals surface area contributed by atoms with Crippen molar-refractivity contribution in [3.63, 3.8) is 0 Å². The summed E-state index contributed by atoms with van der Waals surface area (Å²) in [4.78, 5) is 24.7. The van der Waals surface area contributed by atoms with Crippen molar-refractivity contribution in [3.8, 4) is 0 Å². The minimum atomic E-state index is 0.0131. The predicted molar refractivity (Wildman–Crippen MR) is 78.2 cm³/mol. The van der Waals surface area contributed by atoms with Crippen LogP contribution in [0, 0.1) is 0 Å². The smallest absolute Gasteiger partial charge is 0.317 e. The number of morpholine rings is 1. The lowest BCUT2D eigenvalue weighted by Gasteiger charge is -2.35. The predicted octanol–water partition coefficient (Wildman–Crippen LogP) is 0.487. The van der Waals surface area contributed by atoms with E-state index < -0.39 is 0 Å². The first-order valence-corrected chi connectivity index (χ1v) is 7.48. The normalized spacial score (nSPS) is 23.0. The van der Waals surface area contributed by atoms with Gasteiger partial charge in [-0.1, -0.05) is 0 Å². The third-order valence-corrected chi connectivity index (χ3v) is 3.88. The number of nitrogens with zero attached hydrogens (tertiary/aromatic N) is 4. The Labute approximate surface area is 124 Å². The minimum Gasteiger partial charge on any atom is -0.378 e. The molecule has 0 saturated carbocycles. The number of ether oxygens (including phenoxy) is 1. The Morgan fingerprint density at radius 1 is 1.24 bits per heavy atom. The highest BCUT2D eigenvalue weighted by Crippen LogP contribution is 2.15. The summed E-state index contributed by atoms with van der Waals surface area (Å²) in [6, 6.07) is 1.97. The zero-order valence-electron chi connectivity index (χ0n) is 12.1. The summed E-state index contributed by atoms with van der Waals surface area (Å²) >= 11 is 0. The Morgan fingerprint density at radius 3 is 2.76 bits per heavy atom. The molecule has 2 aliphatic heterocycles. The number of rotatable bonds is 2. The molecule has 1 atom stereocenters. The number of carbonyl (C=O) groups is 1. The Morgan fingerprint density at radius 2 is 2.00 bits per heavy atom. The number of carbonyl (C=O) groups excluding carboxylic acids is 1. The number of aromatic nitrogens is 2. The first-order valence-electron chi connectivity index (χ1n) is 7.48. The highest BCUT2D eigenvalue weighted by Gasteiger charge is 2.25. The second kappa shape index (κ2) is 6.71. The molecule has 0 radical (unpaired) electrons. The van der Waals surface area contributed by atoms with Gasteiger partial charge in [-0.3, -0.25) is 0 Å². The monoisotopic (exact) mass is 291 g/mol. The van der Waals surface area contributed by atoms with Gasteiger partial charge in [-0.25, -0.2) is 14.8 Å². The van der Waals surface area contributed by atoms with Crippen LogP contribution in [0.25, 0.3) is 0 Å². The topological polar surface area (TPSA) is 70.6 Å². The van der Waals surface area contributed by atoms with E-state index in [-0.39, 0.29) is 12.1 Å². The molecule has 1 aromatic rings. The number of urea groups is 1. The number of amides is 2. The molecule has 0 unspecified atom stereocenters. The van der Waals surface area contributed by atoms with E-state index in [9.17, 15) is 4.79 Å². The quantitative estimate of drug-likeness (QED) is 0.858. The van der Waals surface area contributed by atoms with Gasteiger partial charge in [0.25, 0.3) is 0 Å². The molecule has 7 nitrogen and oxygen atoms in total. The summed E-state index contributed by atoms with van der Waals surface area (Å²) in [5, 5.41) is 3.12. The summed E-state index contributed by atoms with van der Waals surface area (Å²) < 4.78 is 5.27. The van der Waals surface area contributed by atoms with Crippen LogP contribution in [0.4, 0.5) is 10.7 Å². The Bertz CT molecular complexity index is 464. The molecule has 2 fully saturated rings. The molecule has 3 heterocycles. The van der Waals surface area contributed by atoms with Gasteiger partial charge in [0, 0.05) is 44.6 Å². The zero-order valence-corrected chi connectivity index (χ0v) is 12.1. The van der Waals surface area contributed by atoms with E-state index >= 15 is 0 Å². The number of nitrogens with one attached hydrogen (secondary N) is 1. The maximum atomic E-state index is 12.2. The van der Waals surface area contributed by atoms with Gasteiger partial charge in [0.1, 0.15) is 0 Å². The maximum Gasteiger partial charge on any atom is 0.317 e. The van der Waals surface area contributed by atoms with Crippen LogP contribution in [-0.4, -0.2) is 66.3 Å². The molecule has 2 aliphatic rings. The molecule has 2 amide bonds. The van der Waals surface area contributed by atoms with Crippen molar-refractivity contribution in [2.75, 3.05) is 44.3 Å². The zero-order chi connectivity index (χ0) is 14.5. The van der Waals surface area contributed by atoms with Gasteiger partial charge in [-0.2, -0.15) is 0 Å². The largest absolute Gasteiger partial charge is 0.378 e. The first kappa shape index (κ1) is 14.1. The lowest BCUT2D eigenvalue weighted by molar-refractivity contribution is 0.0523. The second-order valence-electron chi connectivity index (χ2n) is 5.38. The van der Waals surface area contributed by atoms with Gasteiger partial charge >= 0.3 is 6.03 Å². The van der Waals surface area contributed by atoms with E-state index in [1.807, 2.05) is 11.0 Å². The molecular formula is C14H21N5O2. The molecule has 1 N–H and O–H groups in total. The Kier molecular flexibility index (Phi) is 4.49. The van der Waals surface area contributed by atoms with Crippen molar-refractivity contribution in [2.24, 2.45) is 0 Å². The van der Waals surface area contributed by atoms with Crippen LogP contribution in [0.5, 0.6) is 0 Å². The Balaban J connectivity index is 1.55. The average molecular weight is 291 g/mol. The van der Waals surface area contributed by atoms with E-state index in [0.717, 1.165) is 31.9 Å². The lowest BCUT2D eigenvalue weighted by Crippen LogP contribution is -2.53. The highest BCUT2D eigenvalue weighted by molar-refractivity contribution is 5.74. The highest BCUT2D eigenvalue weighted by atomic mass is 16.5. The molecule has 7 heteroatoms. The molecule has 1 aromatic heterocycles. The fourth-order valence-electron chi connectivity index (χ4n) is 2.76. The van der Waals surface area contributed by atoms with E-state index in [2.05, 4.69) is 20.2 Å². The summed E-state index contributed by atoms with van der Waals surface area (Å²) in [5.74, 6) is 0.739. The van der Waals surface area contributed by atoms with E-state index in [4.69, 9.17) is 4.74 Å². The molecule has 21 heavy (non-hydrogen) atoms. The van der Waals surface area contributed by atoms with Crippen molar-refractivity contribution in [3.05, 3.63) is 18.5 Å². The molecule has 2 saturated heterocycles. The summed E-state index contributed by atoms with van der Waals surface area (Å²) in [6.07, 6.45) is 5.53. The van der Waals surface area contributed by atoms with Crippen LogP contribution in [-0.2, 0) is 4.74 Å². The van der Waals surface area contributed by atoms with Gasteiger partial charge in [0.2, 0.25) is 5.95 Å². The molecular weight excluding hydrogens is 270 g/mol. The van der Waals surface area contributed by atoms with Crippen LogP contribution < -0.4 is 10.2 Å². The van der Waals surface area contributed by atoms with Gasteiger partial charge in [-0.05, 0) is 18.9 Å². The average Bonchev–Trinajstić information content (AvgIpc) is 2.57. The van der Waals surface area contributed by atoms with Crippen LogP contribution in [0.3, 0.4) is 0 Å². The first-order chi connectivity index (χ1) is 10.3. The van der Waals surface area contributed by atoms with E-state index in [1.165, 1.54) is 0 Å². The standard InChI is InChI=1S/C14H21N5O2/c20-14(18-7-9-21-10-8-18)17-12-3-1-6-19(11-12)13-15-4-2-5-16-13/h2,4-5,12H,1,3,6-11H2,(H,17,20)/t12-/m0/s1. The third-order valence-electron chi connectivity index (χ3n) is 3.88. The van der Waals surface area contributed by atoms with Crippen LogP contribution >= 0.6 is 0 Å². The van der Waals surface area contributed by atoms with Gasteiger partial charge in [0.05, 0.1) is 13.2 Å². The summed E-state index contributed by atoms with van der Waals surface area (Å²) in [6.45, 7) is 4.30. The van der Waals surface area contributed by atoms with Crippen molar-refractivity contribution in [1.29, 1.82) is 0 Å². The lowest BCUT2D eigenvalue weighted by atomic mass is 10.1. The number of hydrogen-bond donors (Lipinski definition) is 1. The summed E-state index contributed by atoms with van der Waals surface area (Å²) in [5.41, 5.74) is 0. The van der Waals surface area contributed by atoms with E-state index in [0.29, 0.717) is 26.3 Å². The molecule has 3 rings (SSSR count). The number of anilines is 1. The molecule has 0 aliphatic carbocycles. The maximum absolute atomic E-state index is 12.2. The number of piperidine rings is 1. The second-order valence-corrected chi connectivity index (χ2v) is 5.38. The van der Waals surface area contributed by atoms with E-state index in [1.54, 1.807) is 12.4 Å². The van der Waals surface area contributed by atoms with Crippen LogP contribution in [0.15, 0.2) is 18.5 Å². The SMILES string of the molecule is O=C(N[C@H]1CCCN(c2ncccn2)C1)N1CCOCC1. The van der Waals surface area contributed by atoms with Gasteiger partial charge < -0.3 is 19.9 Å². The van der Waals surface area contributed by atoms with Crippen molar-refractivity contribution in [1.82, 2.24) is 20.2 Å². The van der Waals surface area contributed by atoms with Crippen molar-refractivity contribution < 1.29 is 9.53 Å². The van der Waals surface area contributed by atoms with Crippen LogP contribution in [0.2, 0.25) is 0 Å². The molecule has 0 spiro atoms. The Hall–Kier alpha value is -1.89. The molecule has 114 valence electrons. The van der Waals surface area contributed by atoms with Crippen LogP contribution in [0.1, 0.15) is 12.8 Å². The van der Waals surface area contributed by atoms with Crippen molar-refractivity contribution >= 4 is 12.0 Å². The number of hydrogen-bond acceptors (Lipinski definition) is 5. The minimum absolute atomic E-state index is 0.0131. The van der Waals surface area contributed by atoms with Gasteiger partial charge in [-0.15, -0.1) is 0 Å². The molecule has 0 bridgehead atoms. The fourth-order valence-corrected chi connectivity index (χ4v) is 2.76. The third kappa shape index (κ3) is 3.60. The van der Waals surface area contributed by atoms with Gasteiger partial charge in [0.15, 0.2) is 0 Å². The fraction of sp³-hybridized carbons (Fsp3) is 0.643.